The number of rotatable bonds is 5. The molecule has 110 valence electrons. The number of carboxylic acids is 1. The summed E-state index contributed by atoms with van der Waals surface area (Å²) in [4.78, 5) is 35.6. The van der Waals surface area contributed by atoms with Crippen molar-refractivity contribution in [3.63, 3.8) is 0 Å². The molecule has 1 rings (SSSR count). The van der Waals surface area contributed by atoms with Crippen molar-refractivity contribution >= 4 is 34.2 Å². The Hall–Kier alpha value is -2.09. The van der Waals surface area contributed by atoms with Crippen molar-refractivity contribution < 1.29 is 19.5 Å². The van der Waals surface area contributed by atoms with Crippen LogP contribution in [0.3, 0.4) is 0 Å². The first kappa shape index (κ1) is 16.0. The molecule has 0 radical (unpaired) electrons. The zero-order valence-electron chi connectivity index (χ0n) is 11.5. The van der Waals surface area contributed by atoms with E-state index < -0.39 is 12.0 Å². The second-order valence-electron chi connectivity index (χ2n) is 4.29. The molecule has 0 aliphatic heterocycles. The summed E-state index contributed by atoms with van der Waals surface area (Å²) >= 11 is 1.13. The molecule has 1 atom stereocenters. The lowest BCUT2D eigenvalue weighted by Crippen LogP contribution is -2.39. The van der Waals surface area contributed by atoms with Crippen molar-refractivity contribution in [3.8, 4) is 0 Å². The molecular weight excluding hydrogens is 282 g/mol. The van der Waals surface area contributed by atoms with Gasteiger partial charge in [0.25, 0.3) is 0 Å². The fourth-order valence-corrected chi connectivity index (χ4v) is 2.36. The highest BCUT2D eigenvalue weighted by Crippen LogP contribution is 2.23. The SMILES string of the molecule is CNC(=O)C(C)CN(C)C(=O)Nc1sccc1C(=O)O. The first-order chi connectivity index (χ1) is 9.36. The smallest absolute Gasteiger partial charge is 0.338 e. The van der Waals surface area contributed by atoms with E-state index in [-0.39, 0.29) is 28.9 Å². The summed E-state index contributed by atoms with van der Waals surface area (Å²) < 4.78 is 0. The predicted octanol–water partition coefficient (Wildman–Crippen LogP) is 1.29. The number of nitrogens with one attached hydrogen (secondary N) is 2. The Bertz CT molecular complexity index is 515. The van der Waals surface area contributed by atoms with Crippen LogP contribution in [0.5, 0.6) is 0 Å². The van der Waals surface area contributed by atoms with Crippen LogP contribution >= 0.6 is 11.3 Å². The predicted molar refractivity (Wildman–Crippen MR) is 76.2 cm³/mol. The van der Waals surface area contributed by atoms with E-state index in [1.165, 1.54) is 18.0 Å². The molecule has 0 bridgehead atoms. The molecule has 3 N–H and O–H groups in total. The number of amides is 3. The van der Waals surface area contributed by atoms with Gasteiger partial charge in [-0.15, -0.1) is 11.3 Å². The minimum absolute atomic E-state index is 0.0519. The third kappa shape index (κ3) is 3.95. The topological polar surface area (TPSA) is 98.7 Å². The lowest BCUT2D eigenvalue weighted by Gasteiger charge is -2.21. The van der Waals surface area contributed by atoms with Gasteiger partial charge in [0.05, 0.1) is 11.5 Å². The Morgan fingerprint density at radius 1 is 1.45 bits per heavy atom. The van der Waals surface area contributed by atoms with Crippen molar-refractivity contribution in [1.29, 1.82) is 0 Å². The van der Waals surface area contributed by atoms with Gasteiger partial charge in [-0.1, -0.05) is 6.92 Å². The fourth-order valence-electron chi connectivity index (χ4n) is 1.59. The summed E-state index contributed by atoms with van der Waals surface area (Å²) in [6.45, 7) is 1.94. The van der Waals surface area contributed by atoms with Crippen molar-refractivity contribution in [2.45, 2.75) is 6.92 Å². The zero-order chi connectivity index (χ0) is 15.3. The summed E-state index contributed by atoms with van der Waals surface area (Å²) in [5.74, 6) is -1.60. The number of carbonyl (C=O) groups excluding carboxylic acids is 2. The summed E-state index contributed by atoms with van der Waals surface area (Å²) in [7, 11) is 3.08. The van der Waals surface area contributed by atoms with Crippen molar-refractivity contribution in [2.75, 3.05) is 26.0 Å². The summed E-state index contributed by atoms with van der Waals surface area (Å²) in [6, 6.07) is 0.973. The van der Waals surface area contributed by atoms with E-state index in [9.17, 15) is 14.4 Å². The van der Waals surface area contributed by atoms with E-state index >= 15 is 0 Å². The van der Waals surface area contributed by atoms with Gasteiger partial charge >= 0.3 is 12.0 Å². The van der Waals surface area contributed by atoms with Gasteiger partial charge in [-0.25, -0.2) is 9.59 Å². The number of thiophene rings is 1. The van der Waals surface area contributed by atoms with Crippen LogP contribution in [-0.2, 0) is 4.79 Å². The Labute approximate surface area is 120 Å². The summed E-state index contributed by atoms with van der Waals surface area (Å²) in [5.41, 5.74) is 0.0519. The molecule has 0 spiro atoms. The van der Waals surface area contributed by atoms with Gasteiger partial charge in [-0.2, -0.15) is 0 Å². The molecule has 1 aromatic heterocycles. The minimum Gasteiger partial charge on any atom is -0.478 e. The van der Waals surface area contributed by atoms with Crippen molar-refractivity contribution in [2.24, 2.45) is 5.92 Å². The monoisotopic (exact) mass is 299 g/mol. The van der Waals surface area contributed by atoms with Gasteiger partial charge in [-0.3, -0.25) is 10.1 Å². The molecule has 20 heavy (non-hydrogen) atoms. The third-order valence-electron chi connectivity index (χ3n) is 2.70. The molecule has 0 saturated heterocycles. The fraction of sp³-hybridized carbons (Fsp3) is 0.417. The van der Waals surface area contributed by atoms with Crippen LogP contribution in [0, 0.1) is 5.92 Å². The molecule has 0 aromatic carbocycles. The van der Waals surface area contributed by atoms with Gasteiger partial charge < -0.3 is 15.3 Å². The van der Waals surface area contributed by atoms with Gasteiger partial charge in [0.1, 0.15) is 5.00 Å². The number of hydrogen-bond acceptors (Lipinski definition) is 4. The van der Waals surface area contributed by atoms with Crippen LogP contribution in [0.25, 0.3) is 0 Å². The highest BCUT2D eigenvalue weighted by molar-refractivity contribution is 7.14. The second-order valence-corrected chi connectivity index (χ2v) is 5.21. The van der Waals surface area contributed by atoms with E-state index in [1.54, 1.807) is 19.4 Å². The highest BCUT2D eigenvalue weighted by atomic mass is 32.1. The number of nitrogens with zero attached hydrogens (tertiary/aromatic N) is 1. The second kappa shape index (κ2) is 6.90. The molecule has 3 amide bonds. The quantitative estimate of drug-likeness (QED) is 0.763. The number of carboxylic acid groups (broad SMARTS) is 1. The van der Waals surface area contributed by atoms with Crippen molar-refractivity contribution in [1.82, 2.24) is 10.2 Å². The molecule has 0 aliphatic carbocycles. The molecule has 8 heteroatoms. The van der Waals surface area contributed by atoms with Gasteiger partial charge in [0, 0.05) is 20.6 Å². The standard InChI is InChI=1S/C12H17N3O4S/c1-7(9(16)13-2)6-15(3)12(19)14-10-8(11(17)18)4-5-20-10/h4-5,7H,6H2,1-3H3,(H,13,16)(H,14,19)(H,17,18). The molecular formula is C12H17N3O4S. The average molecular weight is 299 g/mol. The van der Waals surface area contributed by atoms with E-state index in [4.69, 9.17) is 5.11 Å². The van der Waals surface area contributed by atoms with Crippen molar-refractivity contribution in [3.05, 3.63) is 17.0 Å². The Balaban J connectivity index is 2.64. The van der Waals surface area contributed by atoms with Crippen LogP contribution in [0.1, 0.15) is 17.3 Å². The number of aromatic carboxylic acids is 1. The van der Waals surface area contributed by atoms with Crippen LogP contribution in [0.4, 0.5) is 9.80 Å². The maximum atomic E-state index is 11.9. The third-order valence-corrected chi connectivity index (χ3v) is 3.53. The van der Waals surface area contributed by atoms with E-state index in [1.807, 2.05) is 0 Å². The van der Waals surface area contributed by atoms with E-state index in [2.05, 4.69) is 10.6 Å². The summed E-state index contributed by atoms with van der Waals surface area (Å²) in [5, 5.41) is 15.8. The van der Waals surface area contributed by atoms with Crippen LogP contribution in [0.2, 0.25) is 0 Å². The zero-order valence-corrected chi connectivity index (χ0v) is 12.3. The maximum absolute atomic E-state index is 11.9. The van der Waals surface area contributed by atoms with E-state index in [0.717, 1.165) is 11.3 Å². The molecule has 0 saturated carbocycles. The highest BCUT2D eigenvalue weighted by Gasteiger charge is 2.19. The van der Waals surface area contributed by atoms with E-state index in [0.29, 0.717) is 0 Å². The van der Waals surface area contributed by atoms with Gasteiger partial charge in [-0.05, 0) is 11.4 Å². The Morgan fingerprint density at radius 3 is 2.65 bits per heavy atom. The average Bonchev–Trinajstić information content (AvgIpc) is 2.85. The minimum atomic E-state index is -1.09. The first-order valence-electron chi connectivity index (χ1n) is 5.91. The maximum Gasteiger partial charge on any atom is 0.338 e. The molecule has 7 nitrogen and oxygen atoms in total. The Morgan fingerprint density at radius 2 is 2.10 bits per heavy atom. The molecule has 1 heterocycles. The number of carbonyl (C=O) groups is 3. The lowest BCUT2D eigenvalue weighted by molar-refractivity contribution is -0.124. The molecule has 0 aliphatic rings. The number of anilines is 1. The number of urea groups is 1. The molecule has 1 aromatic rings. The van der Waals surface area contributed by atoms with Gasteiger partial charge in [0.15, 0.2) is 0 Å². The van der Waals surface area contributed by atoms with Gasteiger partial charge in [0.2, 0.25) is 5.91 Å². The molecule has 1 unspecified atom stereocenters. The van der Waals surface area contributed by atoms with Crippen LogP contribution < -0.4 is 10.6 Å². The first-order valence-corrected chi connectivity index (χ1v) is 6.79. The summed E-state index contributed by atoms with van der Waals surface area (Å²) in [6.07, 6.45) is 0. The molecule has 0 fully saturated rings. The number of hydrogen-bond donors (Lipinski definition) is 3. The largest absolute Gasteiger partial charge is 0.478 e. The normalized spacial score (nSPS) is 11.6. The van der Waals surface area contributed by atoms with Crippen LogP contribution in [0.15, 0.2) is 11.4 Å². The van der Waals surface area contributed by atoms with Crippen LogP contribution in [-0.4, -0.2) is 48.6 Å². The lowest BCUT2D eigenvalue weighted by atomic mass is 10.1. The Kier molecular flexibility index (Phi) is 5.51.